The molecule has 1 aliphatic heterocycles. The van der Waals surface area contributed by atoms with Gasteiger partial charge in [0.25, 0.3) is 11.8 Å². The van der Waals surface area contributed by atoms with Gasteiger partial charge >= 0.3 is 0 Å². The Kier molecular flexibility index (Phi) is 4.52. The number of amides is 3. The van der Waals surface area contributed by atoms with Gasteiger partial charge in [-0.3, -0.25) is 19.4 Å². The monoisotopic (exact) mass is 407 g/mol. The van der Waals surface area contributed by atoms with Gasteiger partial charge in [-0.05, 0) is 42.0 Å². The maximum atomic E-state index is 12.7. The average Bonchev–Trinajstić information content (AvgIpc) is 3.04. The highest BCUT2D eigenvalue weighted by Gasteiger charge is 2.36. The van der Waals surface area contributed by atoms with Gasteiger partial charge in [0.15, 0.2) is 0 Å². The number of rotatable bonds is 4. The molecule has 0 aliphatic carbocycles. The molecule has 1 N–H and O–H groups in total. The van der Waals surface area contributed by atoms with Crippen molar-refractivity contribution in [1.29, 1.82) is 0 Å². The highest BCUT2D eigenvalue weighted by molar-refractivity contribution is 6.34. The van der Waals surface area contributed by atoms with Gasteiger partial charge in [-0.15, -0.1) is 0 Å². The van der Waals surface area contributed by atoms with Crippen molar-refractivity contribution in [2.24, 2.45) is 0 Å². The highest BCUT2D eigenvalue weighted by Crippen LogP contribution is 2.29. The van der Waals surface area contributed by atoms with E-state index in [0.717, 1.165) is 21.4 Å². The van der Waals surface area contributed by atoms with Crippen LogP contribution in [0.1, 0.15) is 26.3 Å². The summed E-state index contributed by atoms with van der Waals surface area (Å²) in [6, 6.07) is 23.0. The van der Waals surface area contributed by atoms with E-state index in [9.17, 15) is 14.4 Å². The number of hydrogen-bond donors (Lipinski definition) is 1. The lowest BCUT2D eigenvalue weighted by molar-refractivity contribution is -0.115. The zero-order valence-electron chi connectivity index (χ0n) is 16.4. The van der Waals surface area contributed by atoms with Crippen molar-refractivity contribution in [3.8, 4) is 0 Å². The number of carbonyl (C=O) groups is 3. The highest BCUT2D eigenvalue weighted by atomic mass is 16.2. The molecule has 31 heavy (non-hydrogen) atoms. The van der Waals surface area contributed by atoms with E-state index < -0.39 is 0 Å². The van der Waals surface area contributed by atoms with Crippen LogP contribution in [-0.2, 0) is 11.2 Å². The number of carbonyl (C=O) groups excluding carboxylic acids is 3. The zero-order chi connectivity index (χ0) is 21.4. The molecule has 5 rings (SSSR count). The first-order valence-electron chi connectivity index (χ1n) is 9.82. The van der Waals surface area contributed by atoms with E-state index in [0.29, 0.717) is 22.5 Å². The Morgan fingerprint density at radius 3 is 2.32 bits per heavy atom. The summed E-state index contributed by atoms with van der Waals surface area (Å²) in [5.41, 5.74) is 3.30. The minimum atomic E-state index is -0.370. The van der Waals surface area contributed by atoms with Gasteiger partial charge < -0.3 is 5.32 Å². The van der Waals surface area contributed by atoms with Crippen LogP contribution in [0.15, 0.2) is 85.1 Å². The van der Waals surface area contributed by atoms with Gasteiger partial charge in [0.2, 0.25) is 5.91 Å². The van der Waals surface area contributed by atoms with Crippen molar-refractivity contribution in [3.05, 3.63) is 102 Å². The number of anilines is 2. The first-order chi connectivity index (χ1) is 15.1. The number of fused-ring (bicyclic) bond motifs is 2. The van der Waals surface area contributed by atoms with E-state index >= 15 is 0 Å². The van der Waals surface area contributed by atoms with Gasteiger partial charge in [-0.2, -0.15) is 0 Å². The van der Waals surface area contributed by atoms with Crippen molar-refractivity contribution in [3.63, 3.8) is 0 Å². The smallest absolute Gasteiger partial charge is 0.266 e. The maximum absolute atomic E-state index is 12.7. The van der Waals surface area contributed by atoms with E-state index in [1.165, 1.54) is 0 Å². The average molecular weight is 407 g/mol. The van der Waals surface area contributed by atoms with Crippen molar-refractivity contribution in [2.45, 2.75) is 6.42 Å². The van der Waals surface area contributed by atoms with Gasteiger partial charge in [0.1, 0.15) is 0 Å². The van der Waals surface area contributed by atoms with Crippen LogP contribution >= 0.6 is 0 Å². The summed E-state index contributed by atoms with van der Waals surface area (Å²) >= 11 is 0. The van der Waals surface area contributed by atoms with Crippen LogP contribution in [-0.4, -0.2) is 22.7 Å². The number of nitrogens with one attached hydrogen (secondary N) is 1. The number of nitrogens with zero attached hydrogens (tertiary/aromatic N) is 2. The van der Waals surface area contributed by atoms with Crippen LogP contribution in [0.3, 0.4) is 0 Å². The summed E-state index contributed by atoms with van der Waals surface area (Å²) in [5.74, 6) is -0.950. The number of imide groups is 1. The van der Waals surface area contributed by atoms with Crippen LogP contribution in [0.25, 0.3) is 10.9 Å². The van der Waals surface area contributed by atoms with Gasteiger partial charge in [-0.25, -0.2) is 4.90 Å². The van der Waals surface area contributed by atoms with Gasteiger partial charge in [0.05, 0.1) is 28.8 Å². The van der Waals surface area contributed by atoms with Crippen molar-refractivity contribution >= 4 is 40.0 Å². The largest absolute Gasteiger partial charge is 0.326 e. The third-order valence-corrected chi connectivity index (χ3v) is 5.25. The normalized spacial score (nSPS) is 12.8. The Morgan fingerprint density at radius 2 is 1.55 bits per heavy atom. The van der Waals surface area contributed by atoms with Crippen LogP contribution < -0.4 is 10.2 Å². The number of para-hydroxylation sites is 1. The molecule has 6 heteroatoms. The minimum Gasteiger partial charge on any atom is -0.326 e. The van der Waals surface area contributed by atoms with E-state index in [2.05, 4.69) is 10.3 Å². The third-order valence-electron chi connectivity index (χ3n) is 5.25. The predicted molar refractivity (Wildman–Crippen MR) is 118 cm³/mol. The Hall–Kier alpha value is -4.32. The number of benzene rings is 3. The van der Waals surface area contributed by atoms with E-state index in [1.54, 1.807) is 54.7 Å². The zero-order valence-corrected chi connectivity index (χ0v) is 16.4. The van der Waals surface area contributed by atoms with Crippen LogP contribution in [0, 0.1) is 0 Å². The quantitative estimate of drug-likeness (QED) is 0.514. The summed E-state index contributed by atoms with van der Waals surface area (Å²) in [5, 5.41) is 3.83. The molecule has 1 aliphatic rings. The molecular weight excluding hydrogens is 390 g/mol. The van der Waals surface area contributed by atoms with Gasteiger partial charge in [0, 0.05) is 17.3 Å². The lowest BCUT2D eigenvalue weighted by Gasteiger charge is -2.15. The second-order valence-electron chi connectivity index (χ2n) is 7.26. The predicted octanol–water partition coefficient (Wildman–Crippen LogP) is 4.22. The van der Waals surface area contributed by atoms with Crippen molar-refractivity contribution in [2.75, 3.05) is 10.2 Å². The summed E-state index contributed by atoms with van der Waals surface area (Å²) in [6.45, 7) is 0. The molecule has 3 aromatic carbocycles. The first kappa shape index (κ1) is 18.7. The van der Waals surface area contributed by atoms with Gasteiger partial charge in [-0.1, -0.05) is 42.5 Å². The maximum Gasteiger partial charge on any atom is 0.266 e. The van der Waals surface area contributed by atoms with Crippen molar-refractivity contribution in [1.82, 2.24) is 4.98 Å². The number of hydrogen-bond acceptors (Lipinski definition) is 4. The third kappa shape index (κ3) is 3.34. The molecule has 0 radical (unpaired) electrons. The van der Waals surface area contributed by atoms with Crippen molar-refractivity contribution < 1.29 is 14.4 Å². The van der Waals surface area contributed by atoms with E-state index in [-0.39, 0.29) is 24.1 Å². The summed E-state index contributed by atoms with van der Waals surface area (Å²) < 4.78 is 0. The molecule has 0 saturated carbocycles. The standard InChI is InChI=1S/C25H17N3O3/c29-22(14-17-7-3-6-16-8-5-13-26-23(16)17)27-18-9-4-10-19(15-18)28-24(30)20-11-1-2-12-21(20)25(28)31/h1-13,15H,14H2,(H,27,29). The van der Waals surface area contributed by atoms with Crippen LogP contribution in [0.2, 0.25) is 0 Å². The molecule has 0 bridgehead atoms. The summed E-state index contributed by atoms with van der Waals surface area (Å²) in [4.78, 5) is 43.6. The second-order valence-corrected chi connectivity index (χ2v) is 7.26. The number of aromatic nitrogens is 1. The Morgan fingerprint density at radius 1 is 0.839 bits per heavy atom. The van der Waals surface area contributed by atoms with Crippen LogP contribution in [0.4, 0.5) is 11.4 Å². The topological polar surface area (TPSA) is 79.4 Å². The minimum absolute atomic E-state index is 0.158. The molecule has 3 amide bonds. The second kappa shape index (κ2) is 7.50. The molecule has 6 nitrogen and oxygen atoms in total. The molecule has 0 spiro atoms. The van der Waals surface area contributed by atoms with Crippen LogP contribution in [0.5, 0.6) is 0 Å². The van der Waals surface area contributed by atoms with E-state index in [4.69, 9.17) is 0 Å². The molecule has 0 atom stereocenters. The summed E-state index contributed by atoms with van der Waals surface area (Å²) in [6.07, 6.45) is 1.86. The molecule has 0 fully saturated rings. The SMILES string of the molecule is O=C(Cc1cccc2cccnc12)Nc1cccc(N2C(=O)c3ccccc3C2=O)c1. The molecule has 4 aromatic rings. The fourth-order valence-corrected chi connectivity index (χ4v) is 3.83. The van der Waals surface area contributed by atoms with E-state index in [1.807, 2.05) is 30.3 Å². The molecule has 2 heterocycles. The molecule has 0 unspecified atom stereocenters. The molecule has 1 aromatic heterocycles. The fraction of sp³-hybridized carbons (Fsp3) is 0.0400. The Balaban J connectivity index is 1.37. The lowest BCUT2D eigenvalue weighted by atomic mass is 10.1. The molecule has 150 valence electrons. The first-order valence-corrected chi connectivity index (χ1v) is 9.82. The number of pyridine rings is 1. The molecule has 0 saturated heterocycles. The Bertz CT molecular complexity index is 1320. The summed E-state index contributed by atoms with van der Waals surface area (Å²) in [7, 11) is 0. The fourth-order valence-electron chi connectivity index (χ4n) is 3.83. The lowest BCUT2D eigenvalue weighted by Crippen LogP contribution is -2.29. The molecular formula is C25H17N3O3. The Labute approximate surface area is 178 Å².